The largest absolute Gasteiger partial charge is 0.385 e. The normalized spacial score (nSPS) is 11.2. The van der Waals surface area contributed by atoms with Gasteiger partial charge in [0.05, 0.1) is 5.69 Å². The van der Waals surface area contributed by atoms with E-state index >= 15 is 0 Å². The number of anilines is 1. The zero-order chi connectivity index (χ0) is 15.1. The third-order valence-corrected chi connectivity index (χ3v) is 3.53. The van der Waals surface area contributed by atoms with Crippen molar-refractivity contribution in [1.82, 2.24) is 14.7 Å². The van der Waals surface area contributed by atoms with Crippen LogP contribution in [0.15, 0.2) is 24.4 Å². The highest BCUT2D eigenvalue weighted by Gasteiger charge is 2.14. The van der Waals surface area contributed by atoms with Gasteiger partial charge in [-0.1, -0.05) is 13.0 Å². The van der Waals surface area contributed by atoms with Crippen LogP contribution in [0.2, 0.25) is 0 Å². The Morgan fingerprint density at radius 1 is 1.38 bits per heavy atom. The van der Waals surface area contributed by atoms with Crippen LogP contribution in [-0.2, 0) is 11.3 Å². The monoisotopic (exact) mass is 290 g/mol. The molecule has 0 aliphatic rings. The lowest BCUT2D eigenvalue weighted by Crippen LogP contribution is -2.23. The Kier molecular flexibility index (Phi) is 6.02. The molecular formula is C16H26N4O. The summed E-state index contributed by atoms with van der Waals surface area (Å²) >= 11 is 0. The molecule has 0 aliphatic carbocycles. The van der Waals surface area contributed by atoms with Gasteiger partial charge < -0.3 is 19.4 Å². The van der Waals surface area contributed by atoms with Gasteiger partial charge in [0, 0.05) is 40.1 Å². The van der Waals surface area contributed by atoms with Gasteiger partial charge in [-0.15, -0.1) is 0 Å². The summed E-state index contributed by atoms with van der Waals surface area (Å²) in [6, 6.07) is 6.13. The summed E-state index contributed by atoms with van der Waals surface area (Å²) in [4.78, 5) is 7.00. The van der Waals surface area contributed by atoms with Crippen LogP contribution < -0.4 is 10.2 Å². The first-order valence-electron chi connectivity index (χ1n) is 7.64. The molecule has 0 fully saturated rings. The summed E-state index contributed by atoms with van der Waals surface area (Å²) in [5.74, 6) is 1.06. The van der Waals surface area contributed by atoms with E-state index in [-0.39, 0.29) is 0 Å². The standard InChI is InChI=1S/C16H26N4O/c1-4-9-17-13-14-16(19(2)10-7-12-21-3)18-15-8-5-6-11-20(14)15/h5-6,8,11,17H,4,7,9-10,12-13H2,1-3H3. The summed E-state index contributed by atoms with van der Waals surface area (Å²) in [5, 5.41) is 3.48. The summed E-state index contributed by atoms with van der Waals surface area (Å²) in [7, 11) is 3.84. The number of hydrogen-bond donors (Lipinski definition) is 1. The average Bonchev–Trinajstić information content (AvgIpc) is 2.87. The molecule has 2 heterocycles. The van der Waals surface area contributed by atoms with Gasteiger partial charge in [0.2, 0.25) is 0 Å². The number of fused-ring (bicyclic) bond motifs is 1. The number of nitrogens with zero attached hydrogens (tertiary/aromatic N) is 3. The van der Waals surface area contributed by atoms with E-state index < -0.39 is 0 Å². The Morgan fingerprint density at radius 2 is 2.24 bits per heavy atom. The number of aromatic nitrogens is 2. The van der Waals surface area contributed by atoms with Crippen molar-refractivity contribution in [2.45, 2.75) is 26.3 Å². The first-order valence-corrected chi connectivity index (χ1v) is 7.64. The molecule has 0 aromatic carbocycles. The highest BCUT2D eigenvalue weighted by molar-refractivity contribution is 5.55. The van der Waals surface area contributed by atoms with Crippen LogP contribution in [0.5, 0.6) is 0 Å². The van der Waals surface area contributed by atoms with Crippen molar-refractivity contribution in [3.05, 3.63) is 30.1 Å². The Bertz CT molecular complexity index is 552. The van der Waals surface area contributed by atoms with E-state index in [9.17, 15) is 0 Å². The maximum atomic E-state index is 5.13. The lowest BCUT2D eigenvalue weighted by atomic mass is 10.3. The van der Waals surface area contributed by atoms with Crippen LogP contribution >= 0.6 is 0 Å². The minimum absolute atomic E-state index is 0.779. The number of imidazole rings is 1. The minimum atomic E-state index is 0.779. The van der Waals surface area contributed by atoms with Crippen LogP contribution in [0.4, 0.5) is 5.82 Å². The smallest absolute Gasteiger partial charge is 0.152 e. The molecule has 0 spiro atoms. The molecule has 0 saturated carbocycles. The Balaban J connectivity index is 2.21. The predicted octanol–water partition coefficient (Wildman–Crippen LogP) is 2.31. The molecule has 0 aliphatic heterocycles. The molecule has 2 aromatic rings. The molecule has 0 atom stereocenters. The zero-order valence-corrected chi connectivity index (χ0v) is 13.3. The third-order valence-electron chi connectivity index (χ3n) is 3.53. The predicted molar refractivity (Wildman–Crippen MR) is 87.0 cm³/mol. The molecule has 0 amide bonds. The van der Waals surface area contributed by atoms with E-state index in [0.29, 0.717) is 0 Å². The fourth-order valence-electron chi connectivity index (χ4n) is 2.44. The molecule has 21 heavy (non-hydrogen) atoms. The molecule has 5 nitrogen and oxygen atoms in total. The summed E-state index contributed by atoms with van der Waals surface area (Å²) in [5.41, 5.74) is 2.22. The van der Waals surface area contributed by atoms with Crippen molar-refractivity contribution < 1.29 is 4.74 Å². The Morgan fingerprint density at radius 3 is 3.00 bits per heavy atom. The van der Waals surface area contributed by atoms with Crippen molar-refractivity contribution >= 4 is 11.5 Å². The van der Waals surface area contributed by atoms with Crippen LogP contribution in [0.1, 0.15) is 25.5 Å². The fourth-order valence-corrected chi connectivity index (χ4v) is 2.44. The van der Waals surface area contributed by atoms with Gasteiger partial charge in [-0.2, -0.15) is 0 Å². The van der Waals surface area contributed by atoms with E-state index in [1.165, 1.54) is 5.69 Å². The maximum Gasteiger partial charge on any atom is 0.152 e. The van der Waals surface area contributed by atoms with E-state index in [0.717, 1.165) is 50.5 Å². The minimum Gasteiger partial charge on any atom is -0.385 e. The Hall–Kier alpha value is -1.59. The van der Waals surface area contributed by atoms with Crippen molar-refractivity contribution in [2.24, 2.45) is 0 Å². The van der Waals surface area contributed by atoms with Crippen LogP contribution in [0.3, 0.4) is 0 Å². The third kappa shape index (κ3) is 3.95. The van der Waals surface area contributed by atoms with E-state index in [1.54, 1.807) is 7.11 Å². The van der Waals surface area contributed by atoms with E-state index in [4.69, 9.17) is 9.72 Å². The van der Waals surface area contributed by atoms with Gasteiger partial charge in [-0.05, 0) is 31.5 Å². The van der Waals surface area contributed by atoms with E-state index in [2.05, 4.69) is 40.9 Å². The lowest BCUT2D eigenvalue weighted by Gasteiger charge is -2.18. The maximum absolute atomic E-state index is 5.13. The highest BCUT2D eigenvalue weighted by atomic mass is 16.5. The number of rotatable bonds is 9. The van der Waals surface area contributed by atoms with Crippen LogP contribution in [0, 0.1) is 0 Å². The number of pyridine rings is 1. The second-order valence-electron chi connectivity index (χ2n) is 5.26. The van der Waals surface area contributed by atoms with Gasteiger partial charge in [-0.3, -0.25) is 0 Å². The lowest BCUT2D eigenvalue weighted by molar-refractivity contribution is 0.196. The van der Waals surface area contributed by atoms with Crippen LogP contribution in [-0.4, -0.2) is 43.2 Å². The van der Waals surface area contributed by atoms with Gasteiger partial charge in [0.1, 0.15) is 5.65 Å². The fraction of sp³-hybridized carbons (Fsp3) is 0.562. The molecule has 116 valence electrons. The average molecular weight is 290 g/mol. The number of hydrogen-bond acceptors (Lipinski definition) is 4. The first kappa shape index (κ1) is 15.8. The molecule has 2 rings (SSSR count). The molecule has 0 bridgehead atoms. The topological polar surface area (TPSA) is 41.8 Å². The Labute approximate surface area is 126 Å². The molecule has 0 unspecified atom stereocenters. The molecule has 0 radical (unpaired) electrons. The van der Waals surface area contributed by atoms with Gasteiger partial charge in [0.15, 0.2) is 5.82 Å². The number of ether oxygens (including phenoxy) is 1. The second-order valence-corrected chi connectivity index (χ2v) is 5.26. The molecule has 0 saturated heterocycles. The summed E-state index contributed by atoms with van der Waals surface area (Å²) in [6.45, 7) is 5.76. The van der Waals surface area contributed by atoms with Crippen LogP contribution in [0.25, 0.3) is 5.65 Å². The highest BCUT2D eigenvalue weighted by Crippen LogP contribution is 2.21. The molecule has 1 N–H and O–H groups in total. The van der Waals surface area contributed by atoms with Crippen molar-refractivity contribution in [1.29, 1.82) is 0 Å². The second kappa shape index (κ2) is 8.00. The number of nitrogens with one attached hydrogen (secondary N) is 1. The van der Waals surface area contributed by atoms with Gasteiger partial charge in [0.25, 0.3) is 0 Å². The first-order chi connectivity index (χ1) is 10.3. The molecular weight excluding hydrogens is 264 g/mol. The van der Waals surface area contributed by atoms with Crippen molar-refractivity contribution in [3.63, 3.8) is 0 Å². The van der Waals surface area contributed by atoms with Gasteiger partial charge in [-0.25, -0.2) is 4.98 Å². The molecule has 2 aromatic heterocycles. The van der Waals surface area contributed by atoms with Crippen molar-refractivity contribution in [3.8, 4) is 0 Å². The summed E-state index contributed by atoms with van der Waals surface area (Å²) < 4.78 is 7.30. The quantitative estimate of drug-likeness (QED) is 0.720. The van der Waals surface area contributed by atoms with E-state index in [1.807, 2.05) is 12.1 Å². The zero-order valence-electron chi connectivity index (χ0n) is 13.3. The SMILES string of the molecule is CCCNCc1c(N(C)CCCOC)nc2ccccn12. The molecule has 5 heteroatoms. The van der Waals surface area contributed by atoms with Gasteiger partial charge >= 0.3 is 0 Å². The van der Waals surface area contributed by atoms with Crippen molar-refractivity contribution in [2.75, 3.05) is 38.8 Å². The summed E-state index contributed by atoms with van der Waals surface area (Å²) in [6.07, 6.45) is 4.22. The number of methoxy groups -OCH3 is 1.